The summed E-state index contributed by atoms with van der Waals surface area (Å²) in [6.07, 6.45) is 5.16. The van der Waals surface area contributed by atoms with Crippen LogP contribution in [0.4, 0.5) is 11.4 Å². The molecule has 1 saturated carbocycles. The van der Waals surface area contributed by atoms with Crippen molar-refractivity contribution in [2.75, 3.05) is 21.9 Å². The molecule has 1 aromatic rings. The fourth-order valence-corrected chi connectivity index (χ4v) is 5.95. The van der Waals surface area contributed by atoms with Gasteiger partial charge in [0, 0.05) is 12.2 Å². The molecule has 138 valence electrons. The molecule has 8 heteroatoms. The van der Waals surface area contributed by atoms with Gasteiger partial charge < -0.3 is 10.4 Å². The van der Waals surface area contributed by atoms with Gasteiger partial charge in [0.05, 0.1) is 23.3 Å². The molecular weight excluding hydrogens is 356 g/mol. The number of sulfonamides is 1. The van der Waals surface area contributed by atoms with Gasteiger partial charge in [-0.2, -0.15) is 0 Å². The Kier molecular flexibility index (Phi) is 4.02. The zero-order valence-corrected chi connectivity index (χ0v) is 14.9. The maximum atomic E-state index is 12.6. The van der Waals surface area contributed by atoms with Gasteiger partial charge in [0.15, 0.2) is 0 Å². The molecule has 3 aliphatic rings. The van der Waals surface area contributed by atoms with Crippen LogP contribution in [0.3, 0.4) is 0 Å². The second-order valence-corrected chi connectivity index (χ2v) is 9.13. The molecular formula is C18H20N2O5S. The average molecular weight is 376 g/mol. The van der Waals surface area contributed by atoms with Crippen molar-refractivity contribution in [3.05, 3.63) is 36.4 Å². The number of carbonyl (C=O) groups is 2. The second kappa shape index (κ2) is 6.12. The Morgan fingerprint density at radius 2 is 1.73 bits per heavy atom. The number of rotatable bonds is 4. The van der Waals surface area contributed by atoms with E-state index >= 15 is 0 Å². The molecule has 26 heavy (non-hydrogen) atoms. The predicted molar refractivity (Wildman–Crippen MR) is 96.2 cm³/mol. The topological polar surface area (TPSA) is 104 Å². The Hall–Kier alpha value is -2.35. The number of hydrogen-bond acceptors (Lipinski definition) is 4. The van der Waals surface area contributed by atoms with E-state index in [2.05, 4.69) is 5.32 Å². The summed E-state index contributed by atoms with van der Waals surface area (Å²) < 4.78 is 25.3. The van der Waals surface area contributed by atoms with Gasteiger partial charge in [0.1, 0.15) is 0 Å². The van der Waals surface area contributed by atoms with E-state index in [-0.39, 0.29) is 23.5 Å². The first-order valence-corrected chi connectivity index (χ1v) is 10.3. The molecule has 2 fully saturated rings. The zero-order valence-electron chi connectivity index (χ0n) is 14.0. The second-order valence-electron chi connectivity index (χ2n) is 7.12. The lowest BCUT2D eigenvalue weighted by atomic mass is 9.82. The summed E-state index contributed by atoms with van der Waals surface area (Å²) in [5.41, 5.74) is 1.11. The van der Waals surface area contributed by atoms with Crippen molar-refractivity contribution in [3.8, 4) is 0 Å². The van der Waals surface area contributed by atoms with Gasteiger partial charge in [0.2, 0.25) is 15.9 Å². The fraction of sp³-hybridized carbons (Fsp3) is 0.444. The first kappa shape index (κ1) is 17.1. The molecule has 1 heterocycles. The molecule has 0 aromatic heterocycles. The lowest BCUT2D eigenvalue weighted by molar-refractivity contribution is -0.146. The number of hydrogen-bond donors (Lipinski definition) is 2. The van der Waals surface area contributed by atoms with Crippen LogP contribution < -0.4 is 9.62 Å². The maximum absolute atomic E-state index is 12.6. The van der Waals surface area contributed by atoms with Crippen LogP contribution in [0.1, 0.15) is 12.8 Å². The minimum Gasteiger partial charge on any atom is -0.481 e. The molecule has 1 aromatic carbocycles. The largest absolute Gasteiger partial charge is 0.481 e. The number of benzene rings is 1. The van der Waals surface area contributed by atoms with Crippen LogP contribution in [0, 0.1) is 23.7 Å². The van der Waals surface area contributed by atoms with Crippen LogP contribution in [0.25, 0.3) is 0 Å². The number of nitrogens with one attached hydrogen (secondary N) is 1. The first-order valence-electron chi connectivity index (χ1n) is 8.69. The van der Waals surface area contributed by atoms with Gasteiger partial charge in [-0.25, -0.2) is 8.42 Å². The lowest BCUT2D eigenvalue weighted by Crippen LogP contribution is -2.36. The van der Waals surface area contributed by atoms with Crippen molar-refractivity contribution in [2.24, 2.45) is 23.7 Å². The van der Waals surface area contributed by atoms with Crippen LogP contribution in [-0.4, -0.2) is 37.7 Å². The molecule has 0 spiro atoms. The van der Waals surface area contributed by atoms with Crippen molar-refractivity contribution < 1.29 is 23.1 Å². The van der Waals surface area contributed by atoms with Crippen LogP contribution in [0.5, 0.6) is 0 Å². The standard InChI is InChI=1S/C18H20N2O5S/c21-17(15-11-2-3-12(10-11)16(15)18(22)23)19-13-4-6-14(7-5-13)20-8-1-9-26(20,24)25/h2-7,11-12,15-16H,1,8-10H2,(H,19,21)(H,22,23)/t11-,12-,15-,16+/m0/s1. The number of carboxylic acids is 1. The van der Waals surface area contributed by atoms with E-state index in [0.717, 1.165) is 0 Å². The molecule has 1 amide bonds. The number of fused-ring (bicyclic) bond motifs is 2. The van der Waals surface area contributed by atoms with Crippen molar-refractivity contribution in [2.45, 2.75) is 12.8 Å². The van der Waals surface area contributed by atoms with Gasteiger partial charge in [-0.05, 0) is 48.9 Å². The van der Waals surface area contributed by atoms with E-state index in [1.165, 1.54) is 4.31 Å². The summed E-state index contributed by atoms with van der Waals surface area (Å²) in [5.74, 6) is -2.43. The third-order valence-electron chi connectivity index (χ3n) is 5.57. The van der Waals surface area contributed by atoms with E-state index in [9.17, 15) is 23.1 Å². The first-order chi connectivity index (χ1) is 12.4. The summed E-state index contributed by atoms with van der Waals surface area (Å²) in [5, 5.41) is 12.2. The molecule has 2 N–H and O–H groups in total. The molecule has 4 atom stereocenters. The Labute approximate surface area is 151 Å². The van der Waals surface area contributed by atoms with Crippen LogP contribution in [0.2, 0.25) is 0 Å². The van der Waals surface area contributed by atoms with E-state index in [4.69, 9.17) is 0 Å². The Balaban J connectivity index is 1.48. The number of aliphatic carboxylic acids is 1. The number of carboxylic acid groups (broad SMARTS) is 1. The molecule has 2 bridgehead atoms. The molecule has 0 unspecified atom stereocenters. The van der Waals surface area contributed by atoms with Gasteiger partial charge in [-0.15, -0.1) is 0 Å². The minimum atomic E-state index is -3.24. The van der Waals surface area contributed by atoms with Crippen LogP contribution in [-0.2, 0) is 19.6 Å². The SMILES string of the molecule is O=C(Nc1ccc(N2CCCS2(=O)=O)cc1)[C@@H]1[C@H](C(=O)O)[C@H]2C=C[C@H]1C2. The highest BCUT2D eigenvalue weighted by Gasteiger charge is 2.51. The van der Waals surface area contributed by atoms with Crippen molar-refractivity contribution >= 4 is 33.3 Å². The number of amides is 1. The summed E-state index contributed by atoms with van der Waals surface area (Å²) in [4.78, 5) is 24.2. The molecule has 1 saturated heterocycles. The smallest absolute Gasteiger partial charge is 0.307 e. The third kappa shape index (κ3) is 2.78. The quantitative estimate of drug-likeness (QED) is 0.778. The fourth-order valence-electron chi connectivity index (χ4n) is 4.38. The molecule has 4 rings (SSSR count). The minimum absolute atomic E-state index is 0.0323. The summed E-state index contributed by atoms with van der Waals surface area (Å²) in [7, 11) is -3.24. The maximum Gasteiger partial charge on any atom is 0.307 e. The number of allylic oxidation sites excluding steroid dienone is 2. The Morgan fingerprint density at radius 3 is 2.31 bits per heavy atom. The predicted octanol–water partition coefficient (Wildman–Crippen LogP) is 1.69. The Bertz CT molecular complexity index is 877. The van der Waals surface area contributed by atoms with Crippen molar-refractivity contribution in [1.82, 2.24) is 0 Å². The zero-order chi connectivity index (χ0) is 18.5. The summed E-state index contributed by atoms with van der Waals surface area (Å²) in [6, 6.07) is 6.63. The molecule has 0 radical (unpaired) electrons. The number of anilines is 2. The third-order valence-corrected chi connectivity index (χ3v) is 7.44. The van der Waals surface area contributed by atoms with Gasteiger partial charge >= 0.3 is 5.97 Å². The highest BCUT2D eigenvalue weighted by Crippen LogP contribution is 2.48. The number of carbonyl (C=O) groups excluding carboxylic acids is 1. The summed E-state index contributed by atoms with van der Waals surface area (Å²) >= 11 is 0. The van der Waals surface area contributed by atoms with E-state index < -0.39 is 27.8 Å². The normalized spacial score (nSPS) is 31.3. The highest BCUT2D eigenvalue weighted by atomic mass is 32.2. The Morgan fingerprint density at radius 1 is 1.08 bits per heavy atom. The molecule has 7 nitrogen and oxygen atoms in total. The number of nitrogens with zero attached hydrogens (tertiary/aromatic N) is 1. The lowest BCUT2D eigenvalue weighted by Gasteiger charge is -2.24. The molecule has 2 aliphatic carbocycles. The highest BCUT2D eigenvalue weighted by molar-refractivity contribution is 7.93. The van der Waals surface area contributed by atoms with Gasteiger partial charge in [0.25, 0.3) is 0 Å². The van der Waals surface area contributed by atoms with Gasteiger partial charge in [-0.1, -0.05) is 12.2 Å². The van der Waals surface area contributed by atoms with Crippen molar-refractivity contribution in [1.29, 1.82) is 0 Å². The van der Waals surface area contributed by atoms with E-state index in [1.807, 2.05) is 12.2 Å². The van der Waals surface area contributed by atoms with Crippen LogP contribution >= 0.6 is 0 Å². The van der Waals surface area contributed by atoms with Gasteiger partial charge in [-0.3, -0.25) is 13.9 Å². The summed E-state index contributed by atoms with van der Waals surface area (Å²) in [6.45, 7) is 0.464. The van der Waals surface area contributed by atoms with Crippen molar-refractivity contribution in [3.63, 3.8) is 0 Å². The average Bonchev–Trinajstić information content (AvgIpc) is 3.29. The molecule has 1 aliphatic heterocycles. The monoisotopic (exact) mass is 376 g/mol. The van der Waals surface area contributed by atoms with E-state index in [0.29, 0.717) is 30.8 Å². The van der Waals surface area contributed by atoms with Crippen LogP contribution in [0.15, 0.2) is 36.4 Å². The van der Waals surface area contributed by atoms with E-state index in [1.54, 1.807) is 24.3 Å².